The third kappa shape index (κ3) is 5.18. The van der Waals surface area contributed by atoms with E-state index >= 15 is 0 Å². The molecule has 0 bridgehead atoms. The van der Waals surface area contributed by atoms with Gasteiger partial charge in [0.1, 0.15) is 11.6 Å². The second-order valence-corrected chi connectivity index (χ2v) is 9.99. The number of piperazine rings is 1. The molecule has 6 heteroatoms. The minimum atomic E-state index is 0.138. The van der Waals surface area contributed by atoms with E-state index in [0.29, 0.717) is 19.0 Å². The summed E-state index contributed by atoms with van der Waals surface area (Å²) in [6, 6.07) is 12.5. The molecular weight excluding hydrogens is 416 g/mol. The lowest BCUT2D eigenvalue weighted by Crippen LogP contribution is -2.49. The van der Waals surface area contributed by atoms with E-state index in [4.69, 9.17) is 9.97 Å². The summed E-state index contributed by atoms with van der Waals surface area (Å²) in [5.74, 6) is 2.60. The van der Waals surface area contributed by atoms with Crippen molar-refractivity contribution in [2.75, 3.05) is 31.1 Å². The molecule has 4 rings (SSSR count). The van der Waals surface area contributed by atoms with Crippen molar-refractivity contribution in [1.29, 1.82) is 0 Å². The first-order valence-corrected chi connectivity index (χ1v) is 12.3. The largest absolute Gasteiger partial charge is 0.353 e. The molecule has 3 aromatic rings. The van der Waals surface area contributed by atoms with Crippen LogP contribution in [0.15, 0.2) is 41.8 Å². The number of hydrogen-bond donors (Lipinski definition) is 0. The minimum absolute atomic E-state index is 0.138. The second-order valence-electron chi connectivity index (χ2n) is 9.04. The van der Waals surface area contributed by atoms with Crippen molar-refractivity contribution in [3.05, 3.63) is 74.9 Å². The number of aromatic nitrogens is 2. The zero-order chi connectivity index (χ0) is 22.7. The molecule has 0 N–H and O–H groups in total. The van der Waals surface area contributed by atoms with Crippen molar-refractivity contribution in [1.82, 2.24) is 14.9 Å². The SMILES string of the molecule is Cc1ccc(Cc2c(C)nc(CC(C)C)nc2N2CCN(C(=O)c3cccs3)CC2)cc1. The summed E-state index contributed by atoms with van der Waals surface area (Å²) in [7, 11) is 0. The van der Waals surface area contributed by atoms with Crippen LogP contribution in [0.2, 0.25) is 0 Å². The first-order valence-electron chi connectivity index (χ1n) is 11.4. The Morgan fingerprint density at radius 3 is 2.38 bits per heavy atom. The monoisotopic (exact) mass is 448 g/mol. The van der Waals surface area contributed by atoms with Crippen LogP contribution in [0.5, 0.6) is 0 Å². The van der Waals surface area contributed by atoms with Crippen LogP contribution < -0.4 is 4.90 Å². The van der Waals surface area contributed by atoms with E-state index in [2.05, 4.69) is 56.9 Å². The fourth-order valence-corrected chi connectivity index (χ4v) is 4.84. The van der Waals surface area contributed by atoms with Crippen molar-refractivity contribution >= 4 is 23.1 Å². The molecule has 1 fully saturated rings. The average Bonchev–Trinajstić information content (AvgIpc) is 3.31. The predicted octanol–water partition coefficient (Wildman–Crippen LogP) is 4.91. The molecular formula is C26H32N4OS. The van der Waals surface area contributed by atoms with E-state index < -0.39 is 0 Å². The molecule has 0 saturated carbocycles. The maximum absolute atomic E-state index is 12.8. The maximum atomic E-state index is 12.8. The summed E-state index contributed by atoms with van der Waals surface area (Å²) in [6.45, 7) is 11.6. The molecule has 0 unspecified atom stereocenters. The van der Waals surface area contributed by atoms with Gasteiger partial charge in [-0.15, -0.1) is 11.3 Å². The van der Waals surface area contributed by atoms with Crippen LogP contribution in [0.25, 0.3) is 0 Å². The van der Waals surface area contributed by atoms with Crippen molar-refractivity contribution < 1.29 is 4.79 Å². The predicted molar refractivity (Wildman–Crippen MR) is 132 cm³/mol. The number of thiophene rings is 1. The van der Waals surface area contributed by atoms with Gasteiger partial charge in [0, 0.05) is 50.3 Å². The van der Waals surface area contributed by atoms with Gasteiger partial charge in [-0.1, -0.05) is 49.7 Å². The van der Waals surface area contributed by atoms with E-state index in [9.17, 15) is 4.79 Å². The lowest BCUT2D eigenvalue weighted by Gasteiger charge is -2.36. The van der Waals surface area contributed by atoms with E-state index in [-0.39, 0.29) is 5.91 Å². The standard InChI is InChI=1S/C26H32N4OS/c1-18(2)16-24-27-20(4)22(17-21-9-7-19(3)8-10-21)25(28-24)29-11-13-30(14-12-29)26(31)23-6-5-15-32-23/h5-10,15,18H,11-14,16-17H2,1-4H3. The highest BCUT2D eigenvalue weighted by atomic mass is 32.1. The summed E-state index contributed by atoms with van der Waals surface area (Å²) >= 11 is 1.51. The molecule has 1 amide bonds. The Bertz CT molecular complexity index is 1050. The molecule has 2 aromatic heterocycles. The van der Waals surface area contributed by atoms with Gasteiger partial charge in [0.2, 0.25) is 0 Å². The fourth-order valence-electron chi connectivity index (χ4n) is 4.15. The summed E-state index contributed by atoms with van der Waals surface area (Å²) in [6.07, 6.45) is 1.69. The van der Waals surface area contributed by atoms with E-state index in [1.165, 1.54) is 28.0 Å². The van der Waals surface area contributed by atoms with Crippen molar-refractivity contribution in [3.8, 4) is 0 Å². The highest BCUT2D eigenvalue weighted by molar-refractivity contribution is 7.12. The number of hydrogen-bond acceptors (Lipinski definition) is 5. The average molecular weight is 449 g/mol. The molecule has 0 atom stereocenters. The van der Waals surface area contributed by atoms with Crippen molar-refractivity contribution in [3.63, 3.8) is 0 Å². The Kier molecular flexibility index (Phi) is 6.89. The van der Waals surface area contributed by atoms with Gasteiger partial charge in [-0.2, -0.15) is 0 Å². The van der Waals surface area contributed by atoms with Gasteiger partial charge in [0.25, 0.3) is 5.91 Å². The summed E-state index contributed by atoms with van der Waals surface area (Å²) in [5.41, 5.74) is 4.79. The Morgan fingerprint density at radius 1 is 1.03 bits per heavy atom. The van der Waals surface area contributed by atoms with Crippen molar-refractivity contribution in [2.24, 2.45) is 5.92 Å². The van der Waals surface area contributed by atoms with Gasteiger partial charge in [-0.05, 0) is 36.8 Å². The van der Waals surface area contributed by atoms with Gasteiger partial charge in [0.05, 0.1) is 4.88 Å². The van der Waals surface area contributed by atoms with Gasteiger partial charge in [-0.25, -0.2) is 9.97 Å². The van der Waals surface area contributed by atoms with Crippen LogP contribution in [0.3, 0.4) is 0 Å². The van der Waals surface area contributed by atoms with Crippen LogP contribution in [0.4, 0.5) is 5.82 Å². The second kappa shape index (κ2) is 9.82. The summed E-state index contributed by atoms with van der Waals surface area (Å²) in [4.78, 5) is 27.8. The lowest BCUT2D eigenvalue weighted by molar-refractivity contribution is 0.0751. The number of carbonyl (C=O) groups excluding carboxylic acids is 1. The Labute approximate surface area is 195 Å². The summed E-state index contributed by atoms with van der Waals surface area (Å²) in [5, 5.41) is 1.96. The summed E-state index contributed by atoms with van der Waals surface area (Å²) < 4.78 is 0. The first kappa shape index (κ1) is 22.5. The molecule has 0 radical (unpaired) electrons. The molecule has 1 aliphatic rings. The van der Waals surface area contributed by atoms with E-state index in [1.807, 2.05) is 22.4 Å². The molecule has 32 heavy (non-hydrogen) atoms. The molecule has 168 valence electrons. The number of nitrogens with zero attached hydrogens (tertiary/aromatic N) is 4. The van der Waals surface area contributed by atoms with E-state index in [0.717, 1.165) is 48.1 Å². The number of benzene rings is 1. The number of amides is 1. The Morgan fingerprint density at radius 2 is 1.75 bits per heavy atom. The minimum Gasteiger partial charge on any atom is -0.353 e. The van der Waals surface area contributed by atoms with Crippen LogP contribution in [0, 0.1) is 19.8 Å². The van der Waals surface area contributed by atoms with Gasteiger partial charge >= 0.3 is 0 Å². The van der Waals surface area contributed by atoms with Gasteiger partial charge in [0.15, 0.2) is 0 Å². The van der Waals surface area contributed by atoms with E-state index in [1.54, 1.807) is 0 Å². The topological polar surface area (TPSA) is 49.3 Å². The van der Waals surface area contributed by atoms with Gasteiger partial charge in [-0.3, -0.25) is 4.79 Å². The van der Waals surface area contributed by atoms with Crippen LogP contribution in [-0.2, 0) is 12.8 Å². The Balaban J connectivity index is 1.58. The highest BCUT2D eigenvalue weighted by Gasteiger charge is 2.26. The van der Waals surface area contributed by atoms with Crippen LogP contribution in [0.1, 0.15) is 51.7 Å². The quantitative estimate of drug-likeness (QED) is 0.538. The van der Waals surface area contributed by atoms with Gasteiger partial charge < -0.3 is 9.80 Å². The fraction of sp³-hybridized carbons (Fsp3) is 0.423. The van der Waals surface area contributed by atoms with Crippen molar-refractivity contribution in [2.45, 2.75) is 40.5 Å². The Hall–Kier alpha value is -2.73. The van der Waals surface area contributed by atoms with Crippen LogP contribution >= 0.6 is 11.3 Å². The molecule has 1 aromatic carbocycles. The normalized spacial score (nSPS) is 14.3. The lowest BCUT2D eigenvalue weighted by atomic mass is 10.0. The number of anilines is 1. The maximum Gasteiger partial charge on any atom is 0.264 e. The van der Waals surface area contributed by atoms with Crippen LogP contribution in [-0.4, -0.2) is 47.0 Å². The molecule has 3 heterocycles. The number of aryl methyl sites for hydroxylation is 2. The molecule has 1 saturated heterocycles. The zero-order valence-electron chi connectivity index (χ0n) is 19.5. The molecule has 5 nitrogen and oxygen atoms in total. The number of carbonyl (C=O) groups is 1. The molecule has 1 aliphatic heterocycles. The number of rotatable bonds is 6. The highest BCUT2D eigenvalue weighted by Crippen LogP contribution is 2.26. The zero-order valence-corrected chi connectivity index (χ0v) is 20.3. The molecule has 0 aliphatic carbocycles. The smallest absolute Gasteiger partial charge is 0.264 e. The third-order valence-electron chi connectivity index (χ3n) is 5.93. The first-order chi connectivity index (χ1) is 15.4. The third-order valence-corrected chi connectivity index (χ3v) is 6.79. The molecule has 0 spiro atoms.